The number of aliphatic hydroxyl groups is 1. The molecule has 0 aromatic heterocycles. The van der Waals surface area contributed by atoms with Crippen molar-refractivity contribution in [2.24, 2.45) is 0 Å². The molecule has 0 spiro atoms. The van der Waals surface area contributed by atoms with Gasteiger partial charge in [0.25, 0.3) is 11.7 Å². The summed E-state index contributed by atoms with van der Waals surface area (Å²) in [5, 5.41) is 11.2. The Balaban J connectivity index is 2.06. The van der Waals surface area contributed by atoms with E-state index in [1.165, 1.54) is 4.90 Å². The van der Waals surface area contributed by atoms with E-state index in [1.807, 2.05) is 38.1 Å². The summed E-state index contributed by atoms with van der Waals surface area (Å²) < 4.78 is 11.2. The summed E-state index contributed by atoms with van der Waals surface area (Å²) in [5.74, 6) is -0.306. The second-order valence-electron chi connectivity index (χ2n) is 8.34. The molecule has 180 valence electrons. The van der Waals surface area contributed by atoms with Crippen LogP contribution < -0.4 is 9.47 Å². The zero-order valence-corrected chi connectivity index (χ0v) is 20.0. The maximum atomic E-state index is 13.1. The maximum Gasteiger partial charge on any atom is 0.295 e. The molecule has 1 aliphatic heterocycles. The number of aliphatic hydroxyl groups excluding tert-OH is 1. The molecule has 1 atom stereocenters. The molecule has 1 saturated heterocycles. The maximum absolute atomic E-state index is 13.1. The Kier molecular flexibility index (Phi) is 8.49. The molecule has 1 heterocycles. The van der Waals surface area contributed by atoms with E-state index in [1.54, 1.807) is 42.5 Å². The van der Waals surface area contributed by atoms with Gasteiger partial charge in [0.1, 0.15) is 23.9 Å². The smallest absolute Gasteiger partial charge is 0.295 e. The van der Waals surface area contributed by atoms with Crippen LogP contribution in [0.4, 0.5) is 0 Å². The van der Waals surface area contributed by atoms with Crippen LogP contribution in [0.5, 0.6) is 11.5 Å². The Morgan fingerprint density at radius 3 is 2.50 bits per heavy atom. The molecule has 1 amide bonds. The van der Waals surface area contributed by atoms with E-state index >= 15 is 0 Å². The number of hydrogen-bond acceptors (Lipinski definition) is 6. The largest absolute Gasteiger partial charge is 0.507 e. The van der Waals surface area contributed by atoms with Crippen LogP contribution >= 0.6 is 0 Å². The highest BCUT2D eigenvalue weighted by Crippen LogP contribution is 2.40. The number of ether oxygens (including phenoxy) is 2. The lowest BCUT2D eigenvalue weighted by atomic mass is 9.95. The molecular formula is C27H32N2O5. The predicted molar refractivity (Wildman–Crippen MR) is 132 cm³/mol. The van der Waals surface area contributed by atoms with E-state index in [0.29, 0.717) is 48.9 Å². The molecule has 1 fully saturated rings. The molecular weight excluding hydrogens is 432 g/mol. The van der Waals surface area contributed by atoms with Crippen molar-refractivity contribution in [2.45, 2.75) is 19.4 Å². The number of Topliss-reactive ketones (excluding diaryl/α,β-unsaturated/α-hetero) is 1. The Labute approximate surface area is 200 Å². The fraction of sp³-hybridized carbons (Fsp3) is 0.333. The summed E-state index contributed by atoms with van der Waals surface area (Å²) in [6, 6.07) is 13.4. The van der Waals surface area contributed by atoms with Crippen molar-refractivity contribution < 1.29 is 24.2 Å². The summed E-state index contributed by atoms with van der Waals surface area (Å²) in [6.07, 6.45) is 2.50. The lowest BCUT2D eigenvalue weighted by Gasteiger charge is -2.26. The van der Waals surface area contributed by atoms with E-state index in [0.717, 1.165) is 6.42 Å². The molecule has 0 aliphatic carbocycles. The predicted octanol–water partition coefficient (Wildman–Crippen LogP) is 4.02. The van der Waals surface area contributed by atoms with Crippen LogP contribution in [-0.2, 0) is 9.59 Å². The van der Waals surface area contributed by atoms with Crippen LogP contribution in [0.1, 0.15) is 30.5 Å². The third-order valence-corrected chi connectivity index (χ3v) is 5.47. The van der Waals surface area contributed by atoms with Gasteiger partial charge in [-0.3, -0.25) is 9.59 Å². The lowest BCUT2D eigenvalue weighted by Crippen LogP contribution is -2.35. The molecule has 1 unspecified atom stereocenters. The molecule has 1 N–H and O–H groups in total. The van der Waals surface area contributed by atoms with E-state index in [9.17, 15) is 14.7 Å². The topological polar surface area (TPSA) is 79.3 Å². The number of rotatable bonds is 11. The average molecular weight is 465 g/mol. The zero-order chi connectivity index (χ0) is 24.7. The molecule has 0 radical (unpaired) electrons. The molecule has 7 heteroatoms. The van der Waals surface area contributed by atoms with Gasteiger partial charge in [-0.1, -0.05) is 43.8 Å². The van der Waals surface area contributed by atoms with Crippen molar-refractivity contribution in [3.8, 4) is 11.5 Å². The third kappa shape index (κ3) is 5.66. The first-order valence-corrected chi connectivity index (χ1v) is 11.4. The molecule has 2 aromatic carbocycles. The zero-order valence-electron chi connectivity index (χ0n) is 20.0. The molecule has 34 heavy (non-hydrogen) atoms. The summed E-state index contributed by atoms with van der Waals surface area (Å²) >= 11 is 0. The Bertz CT molecular complexity index is 1060. The summed E-state index contributed by atoms with van der Waals surface area (Å²) in [7, 11) is 3.80. The van der Waals surface area contributed by atoms with Gasteiger partial charge < -0.3 is 24.4 Å². The van der Waals surface area contributed by atoms with Gasteiger partial charge in [-0.05, 0) is 50.3 Å². The van der Waals surface area contributed by atoms with Gasteiger partial charge in [-0.25, -0.2) is 0 Å². The summed E-state index contributed by atoms with van der Waals surface area (Å²) in [4.78, 5) is 29.6. The Hall–Kier alpha value is -3.58. The Morgan fingerprint density at radius 2 is 1.85 bits per heavy atom. The number of carbonyl (C=O) groups excluding carboxylic acids is 2. The van der Waals surface area contributed by atoms with Gasteiger partial charge in [-0.15, -0.1) is 0 Å². The van der Waals surface area contributed by atoms with E-state index < -0.39 is 17.7 Å². The van der Waals surface area contributed by atoms with Crippen molar-refractivity contribution in [3.63, 3.8) is 0 Å². The lowest BCUT2D eigenvalue weighted by molar-refractivity contribution is -0.140. The molecule has 1 aliphatic rings. The number of hydrogen-bond donors (Lipinski definition) is 1. The number of nitrogens with zero attached hydrogens (tertiary/aromatic N) is 2. The number of benzene rings is 2. The highest BCUT2D eigenvalue weighted by atomic mass is 16.5. The van der Waals surface area contributed by atoms with Crippen LogP contribution in [-0.4, -0.2) is 67.0 Å². The van der Waals surface area contributed by atoms with Crippen LogP contribution in [0.3, 0.4) is 0 Å². The second-order valence-corrected chi connectivity index (χ2v) is 8.34. The minimum atomic E-state index is -0.714. The number of likely N-dealkylation sites (tertiary alicyclic amines) is 1. The van der Waals surface area contributed by atoms with Crippen molar-refractivity contribution >= 4 is 17.4 Å². The second kappa shape index (κ2) is 11.5. The van der Waals surface area contributed by atoms with Gasteiger partial charge in [-0.2, -0.15) is 0 Å². The molecule has 2 aromatic rings. The highest BCUT2D eigenvalue weighted by Gasteiger charge is 2.45. The first-order chi connectivity index (χ1) is 16.4. The summed E-state index contributed by atoms with van der Waals surface area (Å²) in [6.45, 7) is 7.48. The minimum Gasteiger partial charge on any atom is -0.507 e. The van der Waals surface area contributed by atoms with Crippen molar-refractivity contribution in [1.82, 2.24) is 9.80 Å². The first-order valence-electron chi connectivity index (χ1n) is 11.4. The van der Waals surface area contributed by atoms with E-state index in [4.69, 9.17) is 9.47 Å². The molecule has 0 saturated carbocycles. The van der Waals surface area contributed by atoms with Gasteiger partial charge in [0.05, 0.1) is 18.2 Å². The average Bonchev–Trinajstić information content (AvgIpc) is 3.09. The van der Waals surface area contributed by atoms with Gasteiger partial charge in [0.2, 0.25) is 0 Å². The van der Waals surface area contributed by atoms with Gasteiger partial charge in [0.15, 0.2) is 0 Å². The SMILES string of the molecule is C=CCOc1ccc(C2/C(=C(\O)c3cccc(OCCC)c3)C(=O)C(=O)N2CCN(C)C)cc1. The standard InChI is InChI=1S/C27H32N2O5/c1-5-16-33-21-12-10-19(11-13-21)24-23(26(31)27(32)29(24)15-14-28(3)4)25(30)20-8-7-9-22(18-20)34-17-6-2/h5,7-13,18,24,30H,1,6,14-17H2,2-4H3/b25-23+. The molecule has 0 bridgehead atoms. The summed E-state index contributed by atoms with van der Waals surface area (Å²) in [5.41, 5.74) is 1.20. The Morgan fingerprint density at radius 1 is 1.12 bits per heavy atom. The number of likely N-dealkylation sites (N-methyl/N-ethyl adjacent to an activating group) is 1. The number of ketones is 1. The third-order valence-electron chi connectivity index (χ3n) is 5.47. The van der Waals surface area contributed by atoms with Crippen LogP contribution in [0, 0.1) is 0 Å². The van der Waals surface area contributed by atoms with Crippen LogP contribution in [0.2, 0.25) is 0 Å². The van der Waals surface area contributed by atoms with Crippen molar-refractivity contribution in [2.75, 3.05) is 40.4 Å². The monoisotopic (exact) mass is 464 g/mol. The first kappa shape index (κ1) is 25.1. The number of carbonyl (C=O) groups is 2. The normalized spacial score (nSPS) is 17.3. The number of amides is 1. The fourth-order valence-electron chi connectivity index (χ4n) is 3.78. The molecule has 3 rings (SSSR count). The van der Waals surface area contributed by atoms with Crippen molar-refractivity contribution in [3.05, 3.63) is 77.9 Å². The fourth-order valence-corrected chi connectivity index (χ4v) is 3.78. The highest BCUT2D eigenvalue weighted by molar-refractivity contribution is 6.46. The van der Waals surface area contributed by atoms with Crippen molar-refractivity contribution in [1.29, 1.82) is 0 Å². The molecule has 7 nitrogen and oxygen atoms in total. The van der Waals surface area contributed by atoms with Crippen LogP contribution in [0.15, 0.2) is 66.8 Å². The van der Waals surface area contributed by atoms with Gasteiger partial charge in [0, 0.05) is 18.7 Å². The van der Waals surface area contributed by atoms with Crippen LogP contribution in [0.25, 0.3) is 5.76 Å². The quantitative estimate of drug-likeness (QED) is 0.234. The minimum absolute atomic E-state index is 0.0659. The van der Waals surface area contributed by atoms with E-state index in [2.05, 4.69) is 6.58 Å². The van der Waals surface area contributed by atoms with E-state index in [-0.39, 0.29) is 11.3 Å². The van der Waals surface area contributed by atoms with Gasteiger partial charge >= 0.3 is 0 Å².